The van der Waals surface area contributed by atoms with Gasteiger partial charge in [-0.3, -0.25) is 5.43 Å². The van der Waals surface area contributed by atoms with Gasteiger partial charge in [0.2, 0.25) is 6.79 Å². The molecule has 2 unspecified atom stereocenters. The van der Waals surface area contributed by atoms with Crippen LogP contribution in [0.3, 0.4) is 0 Å². The van der Waals surface area contributed by atoms with Gasteiger partial charge in [0.25, 0.3) is 0 Å². The van der Waals surface area contributed by atoms with Crippen LogP contribution < -0.4 is 30.4 Å². The van der Waals surface area contributed by atoms with Gasteiger partial charge in [-0.05, 0) is 35.4 Å². The zero-order chi connectivity index (χ0) is 17.1. The van der Waals surface area contributed by atoms with Crippen molar-refractivity contribution in [3.63, 3.8) is 0 Å². The molecule has 0 radical (unpaired) electrons. The van der Waals surface area contributed by atoms with Gasteiger partial charge in [0, 0.05) is 25.6 Å². The van der Waals surface area contributed by atoms with Crippen LogP contribution in [-0.2, 0) is 6.54 Å². The molecule has 1 saturated heterocycles. The summed E-state index contributed by atoms with van der Waals surface area (Å²) in [6.45, 7) is 2.98. The van der Waals surface area contributed by atoms with E-state index >= 15 is 0 Å². The van der Waals surface area contributed by atoms with Crippen molar-refractivity contribution in [2.45, 2.75) is 12.6 Å². The Bertz CT molecular complexity index is 720. The molecule has 2 aliphatic heterocycles. The lowest BCUT2D eigenvalue weighted by molar-refractivity contribution is 0.174. The molecule has 1 fully saturated rings. The van der Waals surface area contributed by atoms with Crippen LogP contribution in [0.25, 0.3) is 0 Å². The van der Waals surface area contributed by atoms with Gasteiger partial charge in [-0.15, -0.1) is 0 Å². The Morgan fingerprint density at radius 3 is 2.80 bits per heavy atom. The number of rotatable bonds is 6. The van der Waals surface area contributed by atoms with Crippen molar-refractivity contribution in [2.24, 2.45) is 5.92 Å². The van der Waals surface area contributed by atoms with E-state index in [1.54, 1.807) is 7.11 Å². The van der Waals surface area contributed by atoms with Gasteiger partial charge in [-0.2, -0.15) is 0 Å². The van der Waals surface area contributed by atoms with E-state index in [-0.39, 0.29) is 6.04 Å². The SMILES string of the molecule is COc1ccc(C2NNCC2CNCc2ccc3c(c2)OCO3)cc1. The number of methoxy groups -OCH3 is 1. The largest absolute Gasteiger partial charge is 0.497 e. The number of fused-ring (bicyclic) bond motifs is 1. The van der Waals surface area contributed by atoms with Crippen molar-refractivity contribution in [3.8, 4) is 17.2 Å². The van der Waals surface area contributed by atoms with Crippen LogP contribution in [0.1, 0.15) is 17.2 Å². The zero-order valence-corrected chi connectivity index (χ0v) is 14.2. The van der Waals surface area contributed by atoms with Crippen molar-refractivity contribution in [1.29, 1.82) is 0 Å². The first kappa shape index (κ1) is 16.2. The summed E-state index contributed by atoms with van der Waals surface area (Å²) in [5.74, 6) is 3.02. The Morgan fingerprint density at radius 2 is 1.96 bits per heavy atom. The smallest absolute Gasteiger partial charge is 0.231 e. The fourth-order valence-electron chi connectivity index (χ4n) is 3.35. The number of benzene rings is 2. The Labute approximate surface area is 147 Å². The molecule has 0 amide bonds. The average Bonchev–Trinajstić information content (AvgIpc) is 3.30. The predicted molar refractivity (Wildman–Crippen MR) is 94.6 cm³/mol. The molecular formula is C19H23N3O3. The van der Waals surface area contributed by atoms with Gasteiger partial charge >= 0.3 is 0 Å². The number of hydrogen-bond donors (Lipinski definition) is 3. The molecule has 2 atom stereocenters. The summed E-state index contributed by atoms with van der Waals surface area (Å²) in [6, 6.07) is 14.6. The van der Waals surface area contributed by atoms with Crippen LogP contribution in [0.5, 0.6) is 17.2 Å². The average molecular weight is 341 g/mol. The predicted octanol–water partition coefficient (Wildman–Crippen LogP) is 1.98. The summed E-state index contributed by atoms with van der Waals surface area (Å²) in [5.41, 5.74) is 9.11. The first-order chi connectivity index (χ1) is 12.3. The third-order valence-electron chi connectivity index (χ3n) is 4.74. The topological polar surface area (TPSA) is 63.8 Å². The molecule has 2 heterocycles. The van der Waals surface area contributed by atoms with E-state index < -0.39 is 0 Å². The second-order valence-corrected chi connectivity index (χ2v) is 6.35. The van der Waals surface area contributed by atoms with E-state index in [0.717, 1.165) is 36.9 Å². The van der Waals surface area contributed by atoms with Crippen LogP contribution in [0.2, 0.25) is 0 Å². The first-order valence-corrected chi connectivity index (χ1v) is 8.55. The van der Waals surface area contributed by atoms with Crippen LogP contribution in [-0.4, -0.2) is 27.0 Å². The summed E-state index contributed by atoms with van der Waals surface area (Å²) in [4.78, 5) is 0. The van der Waals surface area contributed by atoms with E-state index in [9.17, 15) is 0 Å². The summed E-state index contributed by atoms with van der Waals surface area (Å²) in [7, 11) is 1.69. The molecule has 0 spiro atoms. The maximum Gasteiger partial charge on any atom is 0.231 e. The highest BCUT2D eigenvalue weighted by molar-refractivity contribution is 5.44. The molecular weight excluding hydrogens is 318 g/mol. The number of ether oxygens (including phenoxy) is 3. The summed E-state index contributed by atoms with van der Waals surface area (Å²) in [6.07, 6.45) is 0. The van der Waals surface area contributed by atoms with Crippen molar-refractivity contribution in [1.82, 2.24) is 16.2 Å². The fraction of sp³-hybridized carbons (Fsp3) is 0.368. The molecule has 0 aliphatic carbocycles. The van der Waals surface area contributed by atoms with Crippen LogP contribution in [0, 0.1) is 5.92 Å². The quantitative estimate of drug-likeness (QED) is 0.747. The van der Waals surface area contributed by atoms with E-state index in [2.05, 4.69) is 34.4 Å². The molecule has 0 bridgehead atoms. The standard InChI is InChI=1S/C19H23N3O3/c1-23-16-5-3-14(4-6-16)19-15(11-21-22-19)10-20-9-13-2-7-17-18(8-13)25-12-24-17/h2-8,15,19-22H,9-12H2,1H3. The minimum absolute atomic E-state index is 0.287. The highest BCUT2D eigenvalue weighted by atomic mass is 16.7. The lowest BCUT2D eigenvalue weighted by Gasteiger charge is -2.19. The maximum atomic E-state index is 5.43. The van der Waals surface area contributed by atoms with E-state index in [0.29, 0.717) is 12.7 Å². The molecule has 4 rings (SSSR count). The molecule has 2 aromatic rings. The molecule has 6 heteroatoms. The van der Waals surface area contributed by atoms with Gasteiger partial charge in [-0.25, -0.2) is 5.43 Å². The van der Waals surface area contributed by atoms with E-state index in [4.69, 9.17) is 14.2 Å². The summed E-state index contributed by atoms with van der Waals surface area (Å²) >= 11 is 0. The summed E-state index contributed by atoms with van der Waals surface area (Å²) < 4.78 is 16.0. The third kappa shape index (κ3) is 3.56. The van der Waals surface area contributed by atoms with Crippen molar-refractivity contribution in [2.75, 3.05) is 27.0 Å². The van der Waals surface area contributed by atoms with Gasteiger partial charge in [0.05, 0.1) is 13.2 Å². The third-order valence-corrected chi connectivity index (χ3v) is 4.74. The molecule has 2 aromatic carbocycles. The van der Waals surface area contributed by atoms with E-state index in [1.165, 1.54) is 11.1 Å². The highest BCUT2D eigenvalue weighted by Crippen LogP contribution is 2.32. The molecule has 6 nitrogen and oxygen atoms in total. The van der Waals surface area contributed by atoms with Crippen molar-refractivity contribution >= 4 is 0 Å². The molecule has 2 aliphatic rings. The lowest BCUT2D eigenvalue weighted by Crippen LogP contribution is -2.28. The molecule has 0 aromatic heterocycles. The second kappa shape index (κ2) is 7.31. The fourth-order valence-corrected chi connectivity index (χ4v) is 3.35. The lowest BCUT2D eigenvalue weighted by atomic mass is 9.95. The number of hydrazine groups is 1. The maximum absolute atomic E-state index is 5.43. The zero-order valence-electron chi connectivity index (χ0n) is 14.2. The Balaban J connectivity index is 1.33. The second-order valence-electron chi connectivity index (χ2n) is 6.35. The number of nitrogens with one attached hydrogen (secondary N) is 3. The first-order valence-electron chi connectivity index (χ1n) is 8.55. The normalized spacial score (nSPS) is 21.5. The Morgan fingerprint density at radius 1 is 1.12 bits per heavy atom. The van der Waals surface area contributed by atoms with Crippen LogP contribution >= 0.6 is 0 Å². The molecule has 3 N–H and O–H groups in total. The molecule has 25 heavy (non-hydrogen) atoms. The van der Waals surface area contributed by atoms with Crippen LogP contribution in [0.4, 0.5) is 0 Å². The van der Waals surface area contributed by atoms with Gasteiger partial charge in [0.15, 0.2) is 11.5 Å². The van der Waals surface area contributed by atoms with Crippen LogP contribution in [0.15, 0.2) is 42.5 Å². The minimum Gasteiger partial charge on any atom is -0.497 e. The minimum atomic E-state index is 0.287. The van der Waals surface area contributed by atoms with E-state index in [1.807, 2.05) is 24.3 Å². The highest BCUT2D eigenvalue weighted by Gasteiger charge is 2.27. The van der Waals surface area contributed by atoms with Crippen molar-refractivity contribution < 1.29 is 14.2 Å². The molecule has 0 saturated carbocycles. The van der Waals surface area contributed by atoms with Crippen molar-refractivity contribution in [3.05, 3.63) is 53.6 Å². The Hall–Kier alpha value is -2.28. The van der Waals surface area contributed by atoms with Gasteiger partial charge in [-0.1, -0.05) is 18.2 Å². The Kier molecular flexibility index (Phi) is 4.74. The van der Waals surface area contributed by atoms with Gasteiger partial charge in [0.1, 0.15) is 5.75 Å². The van der Waals surface area contributed by atoms with Gasteiger partial charge < -0.3 is 19.5 Å². The number of hydrogen-bond acceptors (Lipinski definition) is 6. The monoisotopic (exact) mass is 341 g/mol. The summed E-state index contributed by atoms with van der Waals surface area (Å²) in [5, 5.41) is 3.56. The molecule has 132 valence electrons.